The van der Waals surface area contributed by atoms with E-state index in [2.05, 4.69) is 51.9 Å². The van der Waals surface area contributed by atoms with Crippen molar-refractivity contribution < 1.29 is 9.18 Å². The van der Waals surface area contributed by atoms with Crippen LogP contribution >= 0.6 is 12.2 Å². The average Bonchev–Trinajstić information content (AvgIpc) is 3.29. The highest BCUT2D eigenvalue weighted by molar-refractivity contribution is 7.80. The van der Waals surface area contributed by atoms with Crippen molar-refractivity contribution in [3.63, 3.8) is 0 Å². The normalized spacial score (nSPS) is 17.8. The van der Waals surface area contributed by atoms with E-state index < -0.39 is 5.82 Å². The number of thiocarbonyl (C=S) groups is 1. The topological polar surface area (TPSA) is 62.2 Å². The molecule has 0 spiro atoms. The smallest absolute Gasteiger partial charge is 0.226 e. The number of anilines is 1. The molecular weight excluding hydrogens is 437 g/mol. The first-order valence-corrected chi connectivity index (χ1v) is 11.5. The van der Waals surface area contributed by atoms with Crippen molar-refractivity contribution in [2.75, 3.05) is 11.9 Å². The van der Waals surface area contributed by atoms with Crippen LogP contribution in [0.15, 0.2) is 54.7 Å². The molecule has 0 aliphatic carbocycles. The molecule has 0 unspecified atom stereocenters. The van der Waals surface area contributed by atoms with E-state index in [0.29, 0.717) is 11.7 Å². The van der Waals surface area contributed by atoms with E-state index in [4.69, 9.17) is 12.2 Å². The summed E-state index contributed by atoms with van der Waals surface area (Å²) in [7, 11) is 0. The van der Waals surface area contributed by atoms with Crippen LogP contribution < -0.4 is 10.6 Å². The van der Waals surface area contributed by atoms with Crippen LogP contribution in [0.4, 0.5) is 10.1 Å². The number of pyridine rings is 1. The third-order valence-electron chi connectivity index (χ3n) is 6.17. The number of para-hydroxylation sites is 1. The molecule has 0 radical (unpaired) electrons. The van der Waals surface area contributed by atoms with E-state index in [1.807, 2.05) is 18.2 Å². The van der Waals surface area contributed by atoms with Crippen LogP contribution in [0.5, 0.6) is 0 Å². The molecule has 33 heavy (non-hydrogen) atoms. The summed E-state index contributed by atoms with van der Waals surface area (Å²) in [6, 6.07) is 13.9. The standard InChI is InChI=1S/C25H28FN5OS/c1-4-30-16(2)15-18(17(30)3)24-23(21-11-7-8-13-27-21)29-25(33)31(24)14-12-22(32)28-20-10-6-5-9-19(20)26/h5-11,13,15,23-24H,4,12,14H2,1-3H3,(H,28,32)(H,29,33)/t23-,24+/m1/s1. The number of aromatic nitrogens is 2. The molecule has 3 aromatic rings. The van der Waals surface area contributed by atoms with Crippen LogP contribution in [0.25, 0.3) is 0 Å². The Morgan fingerprint density at radius 2 is 1.97 bits per heavy atom. The SMILES string of the molecule is CCn1c(C)cc([C@H]2[C@@H](c3ccccn3)NC(=S)N2CCC(=O)Nc2ccccc2F)c1C. The fourth-order valence-corrected chi connectivity index (χ4v) is 4.93. The number of halogens is 1. The summed E-state index contributed by atoms with van der Waals surface area (Å²) < 4.78 is 16.2. The first kappa shape index (κ1) is 22.9. The van der Waals surface area contributed by atoms with Gasteiger partial charge in [-0.2, -0.15) is 0 Å². The number of carbonyl (C=O) groups excluding carboxylic acids is 1. The third kappa shape index (κ3) is 4.61. The highest BCUT2D eigenvalue weighted by Gasteiger charge is 2.41. The maximum atomic E-state index is 13.9. The minimum atomic E-state index is -0.454. The third-order valence-corrected chi connectivity index (χ3v) is 6.53. The van der Waals surface area contributed by atoms with Gasteiger partial charge in [-0.1, -0.05) is 18.2 Å². The van der Waals surface area contributed by atoms with Gasteiger partial charge in [0.05, 0.1) is 23.5 Å². The minimum Gasteiger partial charge on any atom is -0.352 e. The number of nitrogens with zero attached hydrogens (tertiary/aromatic N) is 3. The van der Waals surface area contributed by atoms with Crippen LogP contribution in [-0.4, -0.2) is 32.0 Å². The van der Waals surface area contributed by atoms with Crippen LogP contribution in [0.2, 0.25) is 0 Å². The van der Waals surface area contributed by atoms with Crippen molar-refractivity contribution in [2.24, 2.45) is 0 Å². The van der Waals surface area contributed by atoms with Gasteiger partial charge >= 0.3 is 0 Å². The van der Waals surface area contributed by atoms with Gasteiger partial charge in [-0.15, -0.1) is 0 Å². The summed E-state index contributed by atoms with van der Waals surface area (Å²) >= 11 is 5.70. The summed E-state index contributed by atoms with van der Waals surface area (Å²) in [4.78, 5) is 19.2. The summed E-state index contributed by atoms with van der Waals surface area (Å²) in [6.45, 7) is 7.62. The fourth-order valence-electron chi connectivity index (χ4n) is 4.60. The molecule has 2 N–H and O–H groups in total. The number of carbonyl (C=O) groups is 1. The molecule has 1 aromatic carbocycles. The van der Waals surface area contributed by atoms with E-state index >= 15 is 0 Å². The molecule has 4 rings (SSSR count). The molecule has 0 bridgehead atoms. The Morgan fingerprint density at radius 3 is 2.64 bits per heavy atom. The summed E-state index contributed by atoms with van der Waals surface area (Å²) in [5.41, 5.74) is 4.59. The van der Waals surface area contributed by atoms with E-state index in [-0.39, 0.29) is 30.1 Å². The monoisotopic (exact) mass is 465 g/mol. The molecule has 2 atom stereocenters. The minimum absolute atomic E-state index is 0.111. The predicted octanol–water partition coefficient (Wildman–Crippen LogP) is 4.66. The van der Waals surface area contributed by atoms with Gasteiger partial charge in [-0.05, 0) is 68.9 Å². The molecule has 1 amide bonds. The Kier molecular flexibility index (Phi) is 6.74. The van der Waals surface area contributed by atoms with Gasteiger partial charge < -0.3 is 20.1 Å². The molecule has 172 valence electrons. The quantitative estimate of drug-likeness (QED) is 0.497. The Bertz CT molecular complexity index is 1160. The molecule has 0 saturated carbocycles. The van der Waals surface area contributed by atoms with E-state index in [0.717, 1.165) is 17.8 Å². The molecule has 2 aromatic heterocycles. The second-order valence-corrected chi connectivity index (χ2v) is 8.56. The maximum Gasteiger partial charge on any atom is 0.226 e. The van der Waals surface area contributed by atoms with Gasteiger partial charge in [-0.25, -0.2) is 4.39 Å². The van der Waals surface area contributed by atoms with Crippen LogP contribution in [0.1, 0.15) is 48.1 Å². The van der Waals surface area contributed by atoms with Crippen LogP contribution in [-0.2, 0) is 11.3 Å². The molecule has 1 aliphatic heterocycles. The second-order valence-electron chi connectivity index (χ2n) is 8.17. The lowest BCUT2D eigenvalue weighted by molar-refractivity contribution is -0.116. The highest BCUT2D eigenvalue weighted by atomic mass is 32.1. The first-order chi connectivity index (χ1) is 15.9. The summed E-state index contributed by atoms with van der Waals surface area (Å²) in [6.07, 6.45) is 1.95. The lowest BCUT2D eigenvalue weighted by Gasteiger charge is -2.28. The molecule has 6 nitrogen and oxygen atoms in total. The molecule has 1 aliphatic rings. The Morgan fingerprint density at radius 1 is 1.21 bits per heavy atom. The number of rotatable bonds is 7. The predicted molar refractivity (Wildman–Crippen MR) is 131 cm³/mol. The largest absolute Gasteiger partial charge is 0.352 e. The highest BCUT2D eigenvalue weighted by Crippen LogP contribution is 2.40. The van der Waals surface area contributed by atoms with Crippen molar-refractivity contribution in [1.29, 1.82) is 0 Å². The van der Waals surface area contributed by atoms with Gasteiger partial charge in [0.2, 0.25) is 5.91 Å². The number of benzene rings is 1. The Balaban J connectivity index is 1.60. The van der Waals surface area contributed by atoms with Gasteiger partial charge in [0.15, 0.2) is 5.11 Å². The average molecular weight is 466 g/mol. The number of hydrogen-bond acceptors (Lipinski definition) is 3. The molecule has 1 saturated heterocycles. The fraction of sp³-hybridized carbons (Fsp3) is 0.320. The molecule has 8 heteroatoms. The van der Waals surface area contributed by atoms with E-state index in [9.17, 15) is 9.18 Å². The Labute approximate surface area is 198 Å². The van der Waals surface area contributed by atoms with E-state index in [1.165, 1.54) is 17.5 Å². The van der Waals surface area contributed by atoms with Gasteiger partial charge in [0, 0.05) is 37.1 Å². The molecule has 3 heterocycles. The maximum absolute atomic E-state index is 13.9. The second kappa shape index (κ2) is 9.70. The lowest BCUT2D eigenvalue weighted by Crippen LogP contribution is -2.33. The van der Waals surface area contributed by atoms with Crippen molar-refractivity contribution >= 4 is 28.9 Å². The van der Waals surface area contributed by atoms with Crippen LogP contribution in [0.3, 0.4) is 0 Å². The molecule has 1 fully saturated rings. The zero-order chi connectivity index (χ0) is 23.5. The van der Waals surface area contributed by atoms with Gasteiger partial charge in [0.25, 0.3) is 0 Å². The van der Waals surface area contributed by atoms with Gasteiger partial charge in [0.1, 0.15) is 5.82 Å². The first-order valence-electron chi connectivity index (χ1n) is 11.1. The summed E-state index contributed by atoms with van der Waals surface area (Å²) in [5, 5.41) is 6.66. The number of amides is 1. The summed E-state index contributed by atoms with van der Waals surface area (Å²) in [5.74, 6) is -0.716. The molecular formula is C25H28FN5OS. The lowest BCUT2D eigenvalue weighted by atomic mass is 9.96. The zero-order valence-electron chi connectivity index (χ0n) is 19.0. The van der Waals surface area contributed by atoms with Crippen LogP contribution in [0, 0.1) is 19.7 Å². The zero-order valence-corrected chi connectivity index (χ0v) is 19.8. The number of nitrogens with one attached hydrogen (secondary N) is 2. The Hall–Kier alpha value is -3.26. The van der Waals surface area contributed by atoms with Crippen molar-refractivity contribution in [3.05, 3.63) is 83.2 Å². The van der Waals surface area contributed by atoms with Crippen molar-refractivity contribution in [1.82, 2.24) is 19.8 Å². The van der Waals surface area contributed by atoms with E-state index in [1.54, 1.807) is 24.4 Å². The number of hydrogen-bond donors (Lipinski definition) is 2. The van der Waals surface area contributed by atoms with Crippen molar-refractivity contribution in [2.45, 2.75) is 45.8 Å². The number of aryl methyl sites for hydroxylation is 1. The van der Waals surface area contributed by atoms with Crippen molar-refractivity contribution in [3.8, 4) is 0 Å². The van der Waals surface area contributed by atoms with Gasteiger partial charge in [-0.3, -0.25) is 9.78 Å².